The molecule has 0 saturated carbocycles. The van der Waals surface area contributed by atoms with Crippen LogP contribution in [0, 0.1) is 0 Å². The molecule has 1 saturated heterocycles. The largest absolute Gasteiger partial charge is 0.460 e. The molecular formula is C22H22BrN3O3. The monoisotopic (exact) mass is 455 g/mol. The number of nitrogens with zero attached hydrogens (tertiary/aromatic N) is 3. The van der Waals surface area contributed by atoms with E-state index in [1.807, 2.05) is 42.5 Å². The van der Waals surface area contributed by atoms with Gasteiger partial charge in [-0.05, 0) is 50.6 Å². The molecule has 1 aromatic heterocycles. The quantitative estimate of drug-likeness (QED) is 0.493. The van der Waals surface area contributed by atoms with Crippen LogP contribution >= 0.6 is 15.9 Å². The number of benzene rings is 2. The van der Waals surface area contributed by atoms with Crippen LogP contribution in [0.4, 0.5) is 0 Å². The topological polar surface area (TPSA) is 68.5 Å². The Morgan fingerprint density at radius 3 is 2.76 bits per heavy atom. The van der Waals surface area contributed by atoms with Crippen LogP contribution in [0.15, 0.2) is 63.6 Å². The molecule has 1 aliphatic heterocycles. The van der Waals surface area contributed by atoms with Crippen molar-refractivity contribution < 1.29 is 14.1 Å². The molecule has 7 heteroatoms. The number of rotatable bonds is 6. The van der Waals surface area contributed by atoms with Crippen molar-refractivity contribution in [3.8, 4) is 11.4 Å². The third-order valence-electron chi connectivity index (χ3n) is 5.24. The lowest BCUT2D eigenvalue weighted by atomic mass is 10.2. The Bertz CT molecular complexity index is 959. The molecule has 150 valence electrons. The minimum atomic E-state index is -0.304. The van der Waals surface area contributed by atoms with Gasteiger partial charge in [0.2, 0.25) is 11.7 Å². The molecule has 1 aliphatic rings. The highest BCUT2D eigenvalue weighted by Gasteiger charge is 2.33. The summed E-state index contributed by atoms with van der Waals surface area (Å²) < 4.78 is 12.0. The van der Waals surface area contributed by atoms with E-state index in [1.165, 1.54) is 0 Å². The van der Waals surface area contributed by atoms with E-state index >= 15 is 0 Å². The summed E-state index contributed by atoms with van der Waals surface area (Å²) >= 11 is 3.37. The molecule has 4 rings (SSSR count). The van der Waals surface area contributed by atoms with Crippen LogP contribution in [-0.4, -0.2) is 40.2 Å². The molecule has 0 aliphatic carbocycles. The van der Waals surface area contributed by atoms with Gasteiger partial charge in [-0.3, -0.25) is 4.90 Å². The molecule has 29 heavy (non-hydrogen) atoms. The number of aromatic nitrogens is 2. The van der Waals surface area contributed by atoms with Crippen molar-refractivity contribution in [2.45, 2.75) is 31.8 Å². The first kappa shape index (κ1) is 19.8. The molecule has 2 atom stereocenters. The van der Waals surface area contributed by atoms with Crippen molar-refractivity contribution in [3.63, 3.8) is 0 Å². The van der Waals surface area contributed by atoms with Crippen LogP contribution in [0.25, 0.3) is 11.4 Å². The number of hydrogen-bond donors (Lipinski definition) is 0. The number of carbonyl (C=O) groups excluding carboxylic acids is 1. The van der Waals surface area contributed by atoms with Crippen LogP contribution in [0.2, 0.25) is 0 Å². The summed E-state index contributed by atoms with van der Waals surface area (Å²) in [6, 6.07) is 17.0. The lowest BCUT2D eigenvalue weighted by Gasteiger charge is -2.28. The van der Waals surface area contributed by atoms with Gasteiger partial charge in [0.15, 0.2) is 0 Å². The molecule has 0 bridgehead atoms. The van der Waals surface area contributed by atoms with Gasteiger partial charge in [0.1, 0.15) is 6.61 Å². The van der Waals surface area contributed by atoms with Crippen LogP contribution in [0.5, 0.6) is 0 Å². The highest BCUT2D eigenvalue weighted by Crippen LogP contribution is 2.29. The predicted molar refractivity (Wildman–Crippen MR) is 112 cm³/mol. The molecule has 2 aromatic carbocycles. The first-order chi connectivity index (χ1) is 14.1. The Kier molecular flexibility index (Phi) is 6.06. The predicted octanol–water partition coefficient (Wildman–Crippen LogP) is 4.88. The van der Waals surface area contributed by atoms with Crippen LogP contribution in [-0.2, 0) is 4.74 Å². The SMILES string of the molecule is C[C@H](c1nc(-c2ccccc2)no1)N1CCC[C@H]1COC(=O)c1ccc(Br)cc1. The standard InChI is InChI=1S/C22H22BrN3O3/c1-15(21-24-20(25-29-21)16-6-3-2-4-7-16)26-13-5-8-19(26)14-28-22(27)17-9-11-18(23)12-10-17/h2-4,6-7,9-12,15,19H,5,8,13-14H2,1H3/t15-,19+/m1/s1. The number of likely N-dealkylation sites (tertiary alicyclic amines) is 1. The molecule has 2 heterocycles. The van der Waals surface area contributed by atoms with Crippen LogP contribution in [0.1, 0.15) is 42.1 Å². The third-order valence-corrected chi connectivity index (χ3v) is 5.77. The maximum Gasteiger partial charge on any atom is 0.338 e. The first-order valence-electron chi connectivity index (χ1n) is 9.69. The van der Waals surface area contributed by atoms with Gasteiger partial charge in [-0.15, -0.1) is 0 Å². The molecule has 6 nitrogen and oxygen atoms in total. The van der Waals surface area contributed by atoms with E-state index < -0.39 is 0 Å². The van der Waals surface area contributed by atoms with E-state index in [0.717, 1.165) is 29.4 Å². The molecule has 0 amide bonds. The first-order valence-corrected chi connectivity index (χ1v) is 10.5. The van der Waals surface area contributed by atoms with Crippen LogP contribution < -0.4 is 0 Å². The average molecular weight is 456 g/mol. The van der Waals surface area contributed by atoms with Gasteiger partial charge >= 0.3 is 5.97 Å². The second-order valence-corrected chi connectivity index (χ2v) is 8.05. The number of ether oxygens (including phenoxy) is 1. The highest BCUT2D eigenvalue weighted by molar-refractivity contribution is 9.10. The van der Waals surface area contributed by atoms with Gasteiger partial charge in [-0.2, -0.15) is 4.98 Å². The van der Waals surface area contributed by atoms with Crippen molar-refractivity contribution >= 4 is 21.9 Å². The second-order valence-electron chi connectivity index (χ2n) is 7.14. The summed E-state index contributed by atoms with van der Waals surface area (Å²) in [5.74, 6) is 0.862. The van der Waals surface area contributed by atoms with Gasteiger partial charge in [0, 0.05) is 16.1 Å². The van der Waals surface area contributed by atoms with Gasteiger partial charge in [-0.1, -0.05) is 51.4 Å². The van der Waals surface area contributed by atoms with Crippen molar-refractivity contribution in [2.75, 3.05) is 13.2 Å². The minimum absolute atomic E-state index is 0.0427. The Morgan fingerprint density at radius 1 is 1.24 bits per heavy atom. The molecule has 0 N–H and O–H groups in total. The summed E-state index contributed by atoms with van der Waals surface area (Å²) in [6.07, 6.45) is 2.02. The molecule has 0 unspecified atom stereocenters. The molecule has 0 spiro atoms. The van der Waals surface area contributed by atoms with Crippen molar-refractivity contribution in [1.82, 2.24) is 15.0 Å². The zero-order chi connectivity index (χ0) is 20.2. The number of esters is 1. The molecular weight excluding hydrogens is 434 g/mol. The second kappa shape index (κ2) is 8.88. The average Bonchev–Trinajstić information content (AvgIpc) is 3.42. The van der Waals surface area contributed by atoms with Crippen molar-refractivity contribution in [1.29, 1.82) is 0 Å². The van der Waals surface area contributed by atoms with E-state index in [2.05, 4.69) is 37.9 Å². The summed E-state index contributed by atoms with van der Waals surface area (Å²) in [6.45, 7) is 3.31. The smallest absolute Gasteiger partial charge is 0.338 e. The normalized spacial score (nSPS) is 17.9. The Morgan fingerprint density at radius 2 is 2.00 bits per heavy atom. The Labute approximate surface area is 178 Å². The van der Waals surface area contributed by atoms with Crippen molar-refractivity contribution in [2.24, 2.45) is 0 Å². The van der Waals surface area contributed by atoms with Gasteiger partial charge in [-0.25, -0.2) is 4.79 Å². The Hall–Kier alpha value is -2.51. The number of hydrogen-bond acceptors (Lipinski definition) is 6. The fourth-order valence-electron chi connectivity index (χ4n) is 3.64. The molecule has 1 fully saturated rings. The zero-order valence-electron chi connectivity index (χ0n) is 16.1. The van der Waals surface area contributed by atoms with E-state index in [-0.39, 0.29) is 18.1 Å². The minimum Gasteiger partial charge on any atom is -0.460 e. The number of carbonyl (C=O) groups is 1. The maximum atomic E-state index is 12.3. The van der Waals surface area contributed by atoms with E-state index in [1.54, 1.807) is 12.1 Å². The summed E-state index contributed by atoms with van der Waals surface area (Å²) in [5.41, 5.74) is 1.48. The van der Waals surface area contributed by atoms with E-state index in [4.69, 9.17) is 9.26 Å². The van der Waals surface area contributed by atoms with Gasteiger partial charge in [0.25, 0.3) is 0 Å². The molecule has 3 aromatic rings. The van der Waals surface area contributed by atoms with Gasteiger partial charge in [0.05, 0.1) is 11.6 Å². The lowest BCUT2D eigenvalue weighted by Crippen LogP contribution is -2.36. The summed E-state index contributed by atoms with van der Waals surface area (Å²) in [7, 11) is 0. The highest BCUT2D eigenvalue weighted by atomic mass is 79.9. The fourth-order valence-corrected chi connectivity index (χ4v) is 3.90. The molecule has 0 radical (unpaired) electrons. The van der Waals surface area contributed by atoms with Crippen LogP contribution in [0.3, 0.4) is 0 Å². The summed E-state index contributed by atoms with van der Waals surface area (Å²) in [4.78, 5) is 19.2. The maximum absolute atomic E-state index is 12.3. The van der Waals surface area contributed by atoms with E-state index in [9.17, 15) is 4.79 Å². The summed E-state index contributed by atoms with van der Waals surface area (Å²) in [5, 5.41) is 4.12. The van der Waals surface area contributed by atoms with E-state index in [0.29, 0.717) is 23.9 Å². The lowest BCUT2D eigenvalue weighted by molar-refractivity contribution is 0.0342. The third kappa shape index (κ3) is 4.57. The van der Waals surface area contributed by atoms with Crippen molar-refractivity contribution in [3.05, 3.63) is 70.5 Å². The zero-order valence-corrected chi connectivity index (χ0v) is 17.7. The fraction of sp³-hybridized carbons (Fsp3) is 0.318. The van der Waals surface area contributed by atoms with Gasteiger partial charge < -0.3 is 9.26 Å². The number of halogens is 1. The Balaban J connectivity index is 1.39.